The highest BCUT2D eigenvalue weighted by Crippen LogP contribution is 2.29. The van der Waals surface area contributed by atoms with Crippen LogP contribution in [0.5, 0.6) is 5.75 Å². The van der Waals surface area contributed by atoms with Gasteiger partial charge in [-0.25, -0.2) is 18.2 Å². The minimum atomic E-state index is -0.967. The van der Waals surface area contributed by atoms with E-state index < -0.39 is 17.5 Å². The molecule has 0 fully saturated rings. The second-order valence-corrected chi connectivity index (χ2v) is 6.89. The number of thiazole rings is 1. The number of amides is 1. The van der Waals surface area contributed by atoms with Gasteiger partial charge in [-0.1, -0.05) is 6.07 Å². The third kappa shape index (κ3) is 4.33. The molecule has 0 saturated heterocycles. The first-order chi connectivity index (χ1) is 13.4. The number of aromatic nitrogens is 1. The van der Waals surface area contributed by atoms with Crippen molar-refractivity contribution in [1.29, 1.82) is 0 Å². The van der Waals surface area contributed by atoms with Gasteiger partial charge in [-0.05, 0) is 36.8 Å². The maximum Gasteiger partial charge on any atom is 0.273 e. The molecule has 1 heterocycles. The highest BCUT2D eigenvalue weighted by molar-refractivity contribution is 7.13. The van der Waals surface area contributed by atoms with Crippen LogP contribution in [0.4, 0.5) is 13.2 Å². The number of hydrogen-bond acceptors (Lipinski definition) is 4. The molecule has 0 aliphatic heterocycles. The Morgan fingerprint density at radius 1 is 1.11 bits per heavy atom. The lowest BCUT2D eigenvalue weighted by molar-refractivity contribution is 0.0797. The molecule has 0 aliphatic carbocycles. The van der Waals surface area contributed by atoms with Crippen molar-refractivity contribution in [3.63, 3.8) is 0 Å². The lowest BCUT2D eigenvalue weighted by atomic mass is 10.2. The van der Waals surface area contributed by atoms with E-state index in [4.69, 9.17) is 4.74 Å². The standard InChI is InChI=1S/C20H17F3N2O2S/c1-3-25(2)20(26)18-11-28-19(24-18)14-6-5-13(9-16(14)22)27-10-12-4-7-15(21)17(23)8-12/h4-9,11H,3,10H2,1-2H3. The van der Waals surface area contributed by atoms with E-state index in [1.807, 2.05) is 6.92 Å². The van der Waals surface area contributed by atoms with E-state index in [1.165, 1.54) is 34.4 Å². The van der Waals surface area contributed by atoms with E-state index in [0.717, 1.165) is 12.1 Å². The summed E-state index contributed by atoms with van der Waals surface area (Å²) < 4.78 is 46.1. The Balaban J connectivity index is 1.73. The molecule has 1 amide bonds. The number of ether oxygens (including phenoxy) is 1. The fourth-order valence-corrected chi connectivity index (χ4v) is 3.21. The highest BCUT2D eigenvalue weighted by atomic mass is 32.1. The van der Waals surface area contributed by atoms with Crippen molar-refractivity contribution in [1.82, 2.24) is 9.88 Å². The smallest absolute Gasteiger partial charge is 0.273 e. The molecule has 0 aliphatic rings. The first-order valence-corrected chi connectivity index (χ1v) is 9.34. The third-order valence-corrected chi connectivity index (χ3v) is 4.98. The zero-order chi connectivity index (χ0) is 20.3. The average molecular weight is 406 g/mol. The summed E-state index contributed by atoms with van der Waals surface area (Å²) in [5.74, 6) is -2.45. The summed E-state index contributed by atoms with van der Waals surface area (Å²) in [6, 6.07) is 7.68. The predicted octanol–water partition coefficient (Wildman–Crippen LogP) is 4.90. The quantitative estimate of drug-likeness (QED) is 0.585. The van der Waals surface area contributed by atoms with E-state index >= 15 is 0 Å². The van der Waals surface area contributed by atoms with E-state index in [0.29, 0.717) is 17.1 Å². The number of carbonyl (C=O) groups is 1. The van der Waals surface area contributed by atoms with Gasteiger partial charge in [0.05, 0.1) is 0 Å². The molecule has 3 rings (SSSR count). The SMILES string of the molecule is CCN(C)C(=O)c1csc(-c2ccc(OCc3ccc(F)c(F)c3)cc2F)n1. The second kappa shape index (κ2) is 8.43. The van der Waals surface area contributed by atoms with Gasteiger partial charge in [0, 0.05) is 30.6 Å². The summed E-state index contributed by atoms with van der Waals surface area (Å²) in [5, 5.41) is 1.98. The van der Waals surface area contributed by atoms with E-state index in [1.54, 1.807) is 18.5 Å². The van der Waals surface area contributed by atoms with Crippen molar-refractivity contribution in [3.8, 4) is 16.3 Å². The molecule has 2 aromatic carbocycles. The van der Waals surface area contributed by atoms with E-state index in [-0.39, 0.29) is 29.5 Å². The number of benzene rings is 2. The first-order valence-electron chi connectivity index (χ1n) is 8.46. The van der Waals surface area contributed by atoms with E-state index in [2.05, 4.69) is 4.98 Å². The lowest BCUT2D eigenvalue weighted by Gasteiger charge is -2.11. The van der Waals surface area contributed by atoms with Gasteiger partial charge in [-0.2, -0.15) is 0 Å². The number of hydrogen-bond donors (Lipinski definition) is 0. The molecule has 0 saturated carbocycles. The summed E-state index contributed by atoms with van der Waals surface area (Å²) in [4.78, 5) is 17.9. The Hall–Kier alpha value is -2.87. The van der Waals surface area contributed by atoms with Crippen molar-refractivity contribution in [2.24, 2.45) is 0 Å². The number of carbonyl (C=O) groups excluding carboxylic acids is 1. The molecule has 28 heavy (non-hydrogen) atoms. The number of halogens is 3. The van der Waals surface area contributed by atoms with Gasteiger partial charge in [-0.3, -0.25) is 4.79 Å². The van der Waals surface area contributed by atoms with Crippen LogP contribution in [0.25, 0.3) is 10.6 Å². The molecule has 0 radical (unpaired) electrons. The van der Waals surface area contributed by atoms with Crippen molar-refractivity contribution in [2.45, 2.75) is 13.5 Å². The Labute approximate surface area is 164 Å². The van der Waals surface area contributed by atoms with Crippen LogP contribution in [-0.2, 0) is 6.61 Å². The molecule has 1 aromatic heterocycles. The maximum atomic E-state index is 14.5. The zero-order valence-electron chi connectivity index (χ0n) is 15.2. The molecular weight excluding hydrogens is 389 g/mol. The summed E-state index contributed by atoms with van der Waals surface area (Å²) in [6.45, 7) is 2.36. The Kier molecular flexibility index (Phi) is 5.99. The van der Waals surface area contributed by atoms with Gasteiger partial charge < -0.3 is 9.64 Å². The molecule has 4 nitrogen and oxygen atoms in total. The van der Waals surface area contributed by atoms with Gasteiger partial charge in [0.2, 0.25) is 0 Å². The van der Waals surface area contributed by atoms with Gasteiger partial charge in [-0.15, -0.1) is 11.3 Å². The summed E-state index contributed by atoms with van der Waals surface area (Å²) >= 11 is 1.18. The molecule has 146 valence electrons. The van der Waals surface area contributed by atoms with Crippen molar-refractivity contribution < 1.29 is 22.7 Å². The molecular formula is C20H17F3N2O2S. The van der Waals surface area contributed by atoms with Crippen LogP contribution in [0.2, 0.25) is 0 Å². The fraction of sp³-hybridized carbons (Fsp3) is 0.200. The van der Waals surface area contributed by atoms with Crippen LogP contribution < -0.4 is 4.74 Å². The molecule has 3 aromatic rings. The van der Waals surface area contributed by atoms with Gasteiger partial charge in [0.15, 0.2) is 11.6 Å². The minimum Gasteiger partial charge on any atom is -0.489 e. The molecule has 0 bridgehead atoms. The number of rotatable bonds is 6. The first kappa shape index (κ1) is 19.9. The lowest BCUT2D eigenvalue weighted by Crippen LogP contribution is -2.26. The summed E-state index contributed by atoms with van der Waals surface area (Å²) in [6.07, 6.45) is 0. The fourth-order valence-electron chi connectivity index (χ4n) is 2.39. The number of nitrogens with zero attached hydrogens (tertiary/aromatic N) is 2. The minimum absolute atomic E-state index is 0.0325. The van der Waals surface area contributed by atoms with E-state index in [9.17, 15) is 18.0 Å². The topological polar surface area (TPSA) is 42.4 Å². The van der Waals surface area contributed by atoms with Gasteiger partial charge >= 0.3 is 0 Å². The molecule has 8 heteroatoms. The Morgan fingerprint density at radius 3 is 2.57 bits per heavy atom. The van der Waals surface area contributed by atoms with Crippen molar-refractivity contribution in [3.05, 3.63) is 70.5 Å². The van der Waals surface area contributed by atoms with Crippen LogP contribution in [0, 0.1) is 17.5 Å². The zero-order valence-corrected chi connectivity index (χ0v) is 16.0. The molecule has 0 spiro atoms. The van der Waals surface area contributed by atoms with Crippen LogP contribution in [0.3, 0.4) is 0 Å². The maximum absolute atomic E-state index is 14.5. The summed E-state index contributed by atoms with van der Waals surface area (Å²) in [7, 11) is 1.67. The van der Waals surface area contributed by atoms with Crippen LogP contribution >= 0.6 is 11.3 Å². The molecule has 0 unspecified atom stereocenters. The third-order valence-electron chi connectivity index (χ3n) is 4.10. The van der Waals surface area contributed by atoms with Crippen LogP contribution in [0.15, 0.2) is 41.8 Å². The van der Waals surface area contributed by atoms with Crippen LogP contribution in [0.1, 0.15) is 23.0 Å². The van der Waals surface area contributed by atoms with Crippen molar-refractivity contribution in [2.75, 3.05) is 13.6 Å². The Bertz CT molecular complexity index is 1010. The molecule has 0 atom stereocenters. The van der Waals surface area contributed by atoms with Crippen LogP contribution in [-0.4, -0.2) is 29.4 Å². The second-order valence-electron chi connectivity index (χ2n) is 6.04. The predicted molar refractivity (Wildman–Crippen MR) is 101 cm³/mol. The molecule has 0 N–H and O–H groups in total. The normalized spacial score (nSPS) is 10.8. The van der Waals surface area contributed by atoms with Gasteiger partial charge in [0.1, 0.15) is 28.9 Å². The largest absolute Gasteiger partial charge is 0.489 e. The highest BCUT2D eigenvalue weighted by Gasteiger charge is 2.17. The van der Waals surface area contributed by atoms with Gasteiger partial charge in [0.25, 0.3) is 5.91 Å². The summed E-state index contributed by atoms with van der Waals surface area (Å²) in [5.41, 5.74) is 0.942. The van der Waals surface area contributed by atoms with Crippen molar-refractivity contribution >= 4 is 17.2 Å². The average Bonchev–Trinajstić information content (AvgIpc) is 3.17. The monoisotopic (exact) mass is 406 g/mol. The Morgan fingerprint density at radius 2 is 1.89 bits per heavy atom.